The van der Waals surface area contributed by atoms with Crippen LogP contribution >= 0.6 is 0 Å². The molecule has 1 unspecified atom stereocenters. The second-order valence-corrected chi connectivity index (χ2v) is 5.43. The molecule has 0 saturated carbocycles. The zero-order valence-corrected chi connectivity index (χ0v) is 13.1. The van der Waals surface area contributed by atoms with Gasteiger partial charge in [0.15, 0.2) is 0 Å². The molecule has 1 atom stereocenters. The normalized spacial score (nSPS) is 12.2. The van der Waals surface area contributed by atoms with Crippen molar-refractivity contribution in [3.05, 3.63) is 46.8 Å². The molecule has 0 spiro atoms. The first-order valence-electron chi connectivity index (χ1n) is 7.28. The summed E-state index contributed by atoms with van der Waals surface area (Å²) in [5.74, 6) is 0.832. The number of carbonyl (C=O) groups excluding carboxylic acids is 1. The fraction of sp³-hybridized carbons (Fsp3) is 0.412. The molecule has 0 saturated heterocycles. The Bertz CT molecular complexity index is 608. The second-order valence-electron chi connectivity index (χ2n) is 5.43. The van der Waals surface area contributed by atoms with Gasteiger partial charge in [0, 0.05) is 17.8 Å². The van der Waals surface area contributed by atoms with Gasteiger partial charge in [-0.05, 0) is 56.5 Å². The Morgan fingerprint density at radius 1 is 1.33 bits per heavy atom. The summed E-state index contributed by atoms with van der Waals surface area (Å²) in [4.78, 5) is 10.8. The molecule has 0 radical (unpaired) electrons. The molecule has 1 aromatic carbocycles. The summed E-state index contributed by atoms with van der Waals surface area (Å²) >= 11 is 0. The predicted molar refractivity (Wildman–Crippen MR) is 82.9 cm³/mol. The molecule has 0 fully saturated rings. The van der Waals surface area contributed by atoms with Crippen LogP contribution in [-0.2, 0) is 6.61 Å². The Kier molecular flexibility index (Phi) is 4.78. The Labute approximate surface area is 125 Å². The predicted octanol–water partition coefficient (Wildman–Crippen LogP) is 3.86. The van der Waals surface area contributed by atoms with E-state index < -0.39 is 0 Å². The topological polar surface area (TPSA) is 44.1 Å². The lowest BCUT2D eigenvalue weighted by molar-refractivity contribution is 0.112. The van der Waals surface area contributed by atoms with Gasteiger partial charge in [0.1, 0.15) is 18.6 Å². The number of benzene rings is 1. The Balaban J connectivity index is 2.09. The number of carbonyl (C=O) groups is 1. The summed E-state index contributed by atoms with van der Waals surface area (Å²) < 4.78 is 7.85. The molecule has 2 aromatic rings. The van der Waals surface area contributed by atoms with Crippen molar-refractivity contribution in [3.8, 4) is 5.75 Å². The first kappa shape index (κ1) is 15.3. The molecule has 0 aliphatic carbocycles. The lowest BCUT2D eigenvalue weighted by atomic mass is 10.1. The molecule has 0 amide bonds. The molecule has 21 heavy (non-hydrogen) atoms. The van der Waals surface area contributed by atoms with Crippen molar-refractivity contribution in [2.24, 2.45) is 0 Å². The molecular formula is C17H22N2O2. The zero-order chi connectivity index (χ0) is 15.4. The van der Waals surface area contributed by atoms with Gasteiger partial charge in [-0.2, -0.15) is 5.10 Å². The van der Waals surface area contributed by atoms with Gasteiger partial charge >= 0.3 is 0 Å². The zero-order valence-electron chi connectivity index (χ0n) is 13.1. The van der Waals surface area contributed by atoms with Gasteiger partial charge < -0.3 is 4.74 Å². The van der Waals surface area contributed by atoms with Crippen LogP contribution in [0.3, 0.4) is 0 Å². The van der Waals surface area contributed by atoms with Crippen LogP contribution < -0.4 is 4.74 Å². The Hall–Kier alpha value is -2.10. The minimum absolute atomic E-state index is 0.397. The van der Waals surface area contributed by atoms with Crippen molar-refractivity contribution in [3.63, 3.8) is 0 Å². The number of nitrogens with zero attached hydrogens (tertiary/aromatic N) is 2. The number of aromatic nitrogens is 2. The lowest BCUT2D eigenvalue weighted by Crippen LogP contribution is -2.06. The first-order valence-corrected chi connectivity index (χ1v) is 7.28. The molecule has 1 heterocycles. The summed E-state index contributed by atoms with van der Waals surface area (Å²) in [6.07, 6.45) is 3.90. The molecule has 112 valence electrons. The SMILES string of the molecule is CCC(C)n1ccc(COc2c(C)cc(C=O)cc2C)n1. The van der Waals surface area contributed by atoms with Crippen molar-refractivity contribution < 1.29 is 9.53 Å². The van der Waals surface area contributed by atoms with E-state index in [-0.39, 0.29) is 0 Å². The maximum atomic E-state index is 10.8. The van der Waals surface area contributed by atoms with Gasteiger partial charge in [-0.15, -0.1) is 0 Å². The van der Waals surface area contributed by atoms with Crippen molar-refractivity contribution >= 4 is 6.29 Å². The van der Waals surface area contributed by atoms with Crippen molar-refractivity contribution in [2.75, 3.05) is 0 Å². The standard InChI is InChI=1S/C17H22N2O2/c1-5-14(4)19-7-6-16(18-19)11-21-17-12(2)8-15(10-20)9-13(17)3/h6-10,14H,5,11H2,1-4H3. The minimum Gasteiger partial charge on any atom is -0.487 e. The monoisotopic (exact) mass is 286 g/mol. The molecule has 0 bridgehead atoms. The van der Waals surface area contributed by atoms with E-state index in [0.29, 0.717) is 18.2 Å². The smallest absolute Gasteiger partial charge is 0.150 e. The fourth-order valence-corrected chi connectivity index (χ4v) is 2.31. The largest absolute Gasteiger partial charge is 0.487 e. The van der Waals surface area contributed by atoms with E-state index in [0.717, 1.165) is 35.3 Å². The van der Waals surface area contributed by atoms with Crippen LogP contribution in [0.4, 0.5) is 0 Å². The molecule has 4 nitrogen and oxygen atoms in total. The van der Waals surface area contributed by atoms with Gasteiger partial charge in [-0.25, -0.2) is 0 Å². The van der Waals surface area contributed by atoms with Gasteiger partial charge in [-0.1, -0.05) is 6.92 Å². The van der Waals surface area contributed by atoms with E-state index >= 15 is 0 Å². The number of ether oxygens (including phenoxy) is 1. The van der Waals surface area contributed by atoms with E-state index in [4.69, 9.17) is 4.74 Å². The highest BCUT2D eigenvalue weighted by Crippen LogP contribution is 2.25. The van der Waals surface area contributed by atoms with Crippen LogP contribution in [0.25, 0.3) is 0 Å². The minimum atomic E-state index is 0.397. The highest BCUT2D eigenvalue weighted by Gasteiger charge is 2.09. The molecular weight excluding hydrogens is 264 g/mol. The Morgan fingerprint density at radius 3 is 2.57 bits per heavy atom. The van der Waals surface area contributed by atoms with Crippen LogP contribution in [0.2, 0.25) is 0 Å². The maximum absolute atomic E-state index is 10.8. The summed E-state index contributed by atoms with van der Waals surface area (Å²) in [6.45, 7) is 8.62. The van der Waals surface area contributed by atoms with Crippen LogP contribution in [0, 0.1) is 13.8 Å². The third-order valence-corrected chi connectivity index (χ3v) is 3.69. The number of aryl methyl sites for hydroxylation is 2. The van der Waals surface area contributed by atoms with Gasteiger partial charge in [0.25, 0.3) is 0 Å². The number of rotatable bonds is 6. The van der Waals surface area contributed by atoms with Crippen LogP contribution in [0.15, 0.2) is 24.4 Å². The highest BCUT2D eigenvalue weighted by molar-refractivity contribution is 5.76. The van der Waals surface area contributed by atoms with E-state index in [9.17, 15) is 4.79 Å². The number of hydrogen-bond donors (Lipinski definition) is 0. The van der Waals surface area contributed by atoms with E-state index in [1.807, 2.05) is 42.9 Å². The third-order valence-electron chi connectivity index (χ3n) is 3.69. The van der Waals surface area contributed by atoms with Crippen LogP contribution in [-0.4, -0.2) is 16.1 Å². The molecule has 1 aromatic heterocycles. The van der Waals surface area contributed by atoms with Crippen molar-refractivity contribution in [2.45, 2.75) is 46.8 Å². The van der Waals surface area contributed by atoms with E-state index in [1.165, 1.54) is 0 Å². The van der Waals surface area contributed by atoms with Gasteiger partial charge in [0.2, 0.25) is 0 Å². The second kappa shape index (κ2) is 6.57. The molecule has 4 heteroatoms. The maximum Gasteiger partial charge on any atom is 0.150 e. The quantitative estimate of drug-likeness (QED) is 0.757. The summed E-state index contributed by atoms with van der Waals surface area (Å²) in [7, 11) is 0. The third kappa shape index (κ3) is 3.51. The number of hydrogen-bond acceptors (Lipinski definition) is 3. The van der Waals surface area contributed by atoms with Crippen molar-refractivity contribution in [1.29, 1.82) is 0 Å². The van der Waals surface area contributed by atoms with Crippen LogP contribution in [0.1, 0.15) is 53.5 Å². The molecule has 0 aliphatic heterocycles. The molecule has 0 N–H and O–H groups in total. The molecule has 2 rings (SSSR count). The van der Waals surface area contributed by atoms with Gasteiger partial charge in [0.05, 0.1) is 5.69 Å². The highest BCUT2D eigenvalue weighted by atomic mass is 16.5. The summed E-state index contributed by atoms with van der Waals surface area (Å²) in [5.41, 5.74) is 3.53. The van der Waals surface area contributed by atoms with E-state index in [2.05, 4.69) is 18.9 Å². The van der Waals surface area contributed by atoms with Crippen LogP contribution in [0.5, 0.6) is 5.75 Å². The van der Waals surface area contributed by atoms with Crippen molar-refractivity contribution in [1.82, 2.24) is 9.78 Å². The van der Waals surface area contributed by atoms with E-state index in [1.54, 1.807) is 0 Å². The lowest BCUT2D eigenvalue weighted by Gasteiger charge is -2.12. The summed E-state index contributed by atoms with van der Waals surface area (Å²) in [5, 5.41) is 4.52. The average molecular weight is 286 g/mol. The average Bonchev–Trinajstić information content (AvgIpc) is 2.94. The first-order chi connectivity index (χ1) is 10.0. The summed E-state index contributed by atoms with van der Waals surface area (Å²) in [6, 6.07) is 6.06. The van der Waals surface area contributed by atoms with Gasteiger partial charge in [-0.3, -0.25) is 9.48 Å². The number of aldehydes is 1. The Morgan fingerprint density at radius 2 is 2.00 bits per heavy atom. The fourth-order valence-electron chi connectivity index (χ4n) is 2.31. The molecule has 0 aliphatic rings.